The molecule has 0 aliphatic heterocycles. The van der Waals surface area contributed by atoms with E-state index in [1.807, 2.05) is 13.8 Å². The SMILES string of the molecule is CCOC(CCN(C)C)CNC(=NC)NC1CCCC(S(=O)CC)C1.I. The Morgan fingerprint density at radius 3 is 2.65 bits per heavy atom. The molecular weight excluding hydrogens is 463 g/mol. The number of nitrogens with zero attached hydrogens (tertiary/aromatic N) is 2. The Balaban J connectivity index is 0.00000625. The zero-order valence-corrected chi connectivity index (χ0v) is 20.3. The highest BCUT2D eigenvalue weighted by Gasteiger charge is 2.26. The molecule has 0 saturated heterocycles. The van der Waals surface area contributed by atoms with Crippen LogP contribution in [0.3, 0.4) is 0 Å². The zero-order valence-electron chi connectivity index (χ0n) is 17.1. The average Bonchev–Trinajstić information content (AvgIpc) is 2.62. The molecule has 8 heteroatoms. The summed E-state index contributed by atoms with van der Waals surface area (Å²) in [5.74, 6) is 1.58. The number of ether oxygens (including phenoxy) is 1. The van der Waals surface area contributed by atoms with Crippen molar-refractivity contribution < 1.29 is 8.95 Å². The summed E-state index contributed by atoms with van der Waals surface area (Å²) >= 11 is 0. The van der Waals surface area contributed by atoms with Crippen LogP contribution in [0, 0.1) is 0 Å². The van der Waals surface area contributed by atoms with Gasteiger partial charge in [-0.05, 0) is 46.7 Å². The molecule has 1 fully saturated rings. The lowest BCUT2D eigenvalue weighted by atomic mass is 9.95. The van der Waals surface area contributed by atoms with E-state index in [4.69, 9.17) is 4.74 Å². The van der Waals surface area contributed by atoms with Gasteiger partial charge in [-0.25, -0.2) is 0 Å². The number of hydrogen-bond acceptors (Lipinski definition) is 4. The molecule has 0 amide bonds. The monoisotopic (exact) mass is 502 g/mol. The first-order chi connectivity index (χ1) is 12.0. The smallest absolute Gasteiger partial charge is 0.191 e. The summed E-state index contributed by atoms with van der Waals surface area (Å²) in [5.41, 5.74) is 0. The van der Waals surface area contributed by atoms with E-state index >= 15 is 0 Å². The highest BCUT2D eigenvalue weighted by atomic mass is 127. The van der Waals surface area contributed by atoms with E-state index in [0.717, 1.165) is 63.5 Å². The molecule has 0 heterocycles. The molecule has 1 aliphatic carbocycles. The van der Waals surface area contributed by atoms with Gasteiger partial charge in [0.2, 0.25) is 0 Å². The minimum atomic E-state index is -0.697. The van der Waals surface area contributed by atoms with Crippen LogP contribution in [0.15, 0.2) is 4.99 Å². The average molecular weight is 503 g/mol. The Bertz CT molecular complexity index is 424. The molecule has 156 valence electrons. The normalized spacial score (nSPS) is 23.2. The van der Waals surface area contributed by atoms with Gasteiger partial charge in [0, 0.05) is 54.6 Å². The molecule has 0 spiro atoms. The molecule has 0 aromatic rings. The summed E-state index contributed by atoms with van der Waals surface area (Å²) in [5, 5.41) is 7.24. The van der Waals surface area contributed by atoms with Crippen molar-refractivity contribution >= 4 is 40.7 Å². The summed E-state index contributed by atoms with van der Waals surface area (Å²) in [6.45, 7) is 6.52. The minimum Gasteiger partial charge on any atom is -0.377 e. The molecule has 0 bridgehead atoms. The topological polar surface area (TPSA) is 66.0 Å². The Morgan fingerprint density at radius 2 is 2.08 bits per heavy atom. The molecular formula is C18H39IN4O2S. The third kappa shape index (κ3) is 10.4. The molecule has 2 N–H and O–H groups in total. The molecule has 1 saturated carbocycles. The minimum absolute atomic E-state index is 0. The number of aliphatic imine (C=N–C) groups is 1. The van der Waals surface area contributed by atoms with Crippen LogP contribution in [0.4, 0.5) is 0 Å². The van der Waals surface area contributed by atoms with Crippen LogP contribution < -0.4 is 10.6 Å². The second-order valence-corrected chi connectivity index (χ2v) is 8.93. The maximum absolute atomic E-state index is 12.1. The van der Waals surface area contributed by atoms with Gasteiger partial charge >= 0.3 is 0 Å². The standard InChI is InChI=1S/C18H38N4O2S.HI/c1-6-24-16(11-12-22(4)5)14-20-18(19-3)21-15-9-8-10-17(13-15)25(23)7-2;/h15-17H,6-14H2,1-5H3,(H2,19,20,21);1H. The van der Waals surface area contributed by atoms with Gasteiger partial charge in [0.05, 0.1) is 6.10 Å². The van der Waals surface area contributed by atoms with E-state index in [-0.39, 0.29) is 30.1 Å². The van der Waals surface area contributed by atoms with Crippen molar-refractivity contribution in [3.63, 3.8) is 0 Å². The van der Waals surface area contributed by atoms with Gasteiger partial charge in [0.25, 0.3) is 0 Å². The maximum Gasteiger partial charge on any atom is 0.191 e. The molecule has 4 unspecified atom stereocenters. The van der Waals surface area contributed by atoms with Gasteiger partial charge in [-0.3, -0.25) is 9.20 Å². The van der Waals surface area contributed by atoms with Crippen LogP contribution in [0.5, 0.6) is 0 Å². The second kappa shape index (κ2) is 15.0. The van der Waals surface area contributed by atoms with Gasteiger partial charge in [0.1, 0.15) is 0 Å². The van der Waals surface area contributed by atoms with Gasteiger partial charge in [-0.1, -0.05) is 13.3 Å². The van der Waals surface area contributed by atoms with Crippen LogP contribution in [0.1, 0.15) is 46.0 Å². The summed E-state index contributed by atoms with van der Waals surface area (Å²) < 4.78 is 17.9. The Kier molecular flexibility index (Phi) is 15.1. The summed E-state index contributed by atoms with van der Waals surface area (Å²) in [6.07, 6.45) is 5.48. The van der Waals surface area contributed by atoms with E-state index in [1.54, 1.807) is 7.05 Å². The highest BCUT2D eigenvalue weighted by Crippen LogP contribution is 2.22. The molecule has 0 aromatic heterocycles. The van der Waals surface area contributed by atoms with Crippen molar-refractivity contribution in [2.45, 2.75) is 63.3 Å². The number of hydrogen-bond donors (Lipinski definition) is 2. The molecule has 1 rings (SSSR count). The Morgan fingerprint density at radius 1 is 1.35 bits per heavy atom. The highest BCUT2D eigenvalue weighted by molar-refractivity contribution is 14.0. The summed E-state index contributed by atoms with van der Waals surface area (Å²) in [7, 11) is 5.26. The third-order valence-corrected chi connectivity index (χ3v) is 6.39. The van der Waals surface area contributed by atoms with Crippen LogP contribution >= 0.6 is 24.0 Å². The first-order valence-electron chi connectivity index (χ1n) is 9.60. The van der Waals surface area contributed by atoms with E-state index in [9.17, 15) is 4.21 Å². The molecule has 26 heavy (non-hydrogen) atoms. The van der Waals surface area contributed by atoms with Crippen molar-refractivity contribution in [2.24, 2.45) is 4.99 Å². The molecule has 0 radical (unpaired) electrons. The van der Waals surface area contributed by atoms with Crippen molar-refractivity contribution in [1.82, 2.24) is 15.5 Å². The summed E-state index contributed by atoms with van der Waals surface area (Å²) in [4.78, 5) is 6.53. The van der Waals surface area contributed by atoms with Gasteiger partial charge in [-0.15, -0.1) is 24.0 Å². The van der Waals surface area contributed by atoms with Crippen molar-refractivity contribution in [2.75, 3.05) is 46.6 Å². The van der Waals surface area contributed by atoms with Crippen molar-refractivity contribution in [3.05, 3.63) is 0 Å². The predicted octanol–water partition coefficient (Wildman–Crippen LogP) is 2.21. The fourth-order valence-corrected chi connectivity index (χ4v) is 4.58. The molecule has 4 atom stereocenters. The molecule has 1 aliphatic rings. The number of guanidine groups is 1. The Labute approximate surface area is 179 Å². The van der Waals surface area contributed by atoms with Crippen molar-refractivity contribution in [3.8, 4) is 0 Å². The van der Waals surface area contributed by atoms with Crippen molar-refractivity contribution in [1.29, 1.82) is 0 Å². The van der Waals surface area contributed by atoms with Crippen LogP contribution in [-0.4, -0.2) is 79.1 Å². The summed E-state index contributed by atoms with van der Waals surface area (Å²) in [6, 6.07) is 0.354. The lowest BCUT2D eigenvalue weighted by Crippen LogP contribution is -2.48. The van der Waals surface area contributed by atoms with E-state index < -0.39 is 10.8 Å². The predicted molar refractivity (Wildman–Crippen MR) is 123 cm³/mol. The van der Waals surface area contributed by atoms with Crippen LogP contribution in [0.25, 0.3) is 0 Å². The van der Waals surface area contributed by atoms with E-state index in [0.29, 0.717) is 11.3 Å². The fraction of sp³-hybridized carbons (Fsp3) is 0.944. The first kappa shape index (κ1) is 26.1. The lowest BCUT2D eigenvalue weighted by Gasteiger charge is -2.30. The lowest BCUT2D eigenvalue weighted by molar-refractivity contribution is 0.0547. The molecule has 6 nitrogen and oxygen atoms in total. The quantitative estimate of drug-likeness (QED) is 0.273. The van der Waals surface area contributed by atoms with E-state index in [1.165, 1.54) is 0 Å². The van der Waals surface area contributed by atoms with Crippen LogP contribution in [0.2, 0.25) is 0 Å². The number of rotatable bonds is 10. The van der Waals surface area contributed by atoms with E-state index in [2.05, 4.69) is 34.6 Å². The largest absolute Gasteiger partial charge is 0.377 e. The maximum atomic E-state index is 12.1. The first-order valence-corrected chi connectivity index (χ1v) is 11.0. The molecule has 0 aromatic carbocycles. The number of halogens is 1. The Hall–Kier alpha value is 0.0700. The van der Waals surface area contributed by atoms with Gasteiger partial charge in [-0.2, -0.15) is 0 Å². The zero-order chi connectivity index (χ0) is 18.7. The van der Waals surface area contributed by atoms with Crippen LogP contribution in [-0.2, 0) is 15.5 Å². The van der Waals surface area contributed by atoms with Gasteiger partial charge < -0.3 is 20.3 Å². The number of nitrogens with one attached hydrogen (secondary N) is 2. The fourth-order valence-electron chi connectivity index (χ4n) is 3.23. The van der Waals surface area contributed by atoms with Gasteiger partial charge in [0.15, 0.2) is 5.96 Å². The second-order valence-electron chi connectivity index (χ2n) is 6.92. The third-order valence-electron chi connectivity index (χ3n) is 4.64.